The fourth-order valence-electron chi connectivity index (χ4n) is 3.38. The van der Waals surface area contributed by atoms with Crippen LogP contribution in [0.2, 0.25) is 0 Å². The molecule has 0 saturated heterocycles. The molecule has 1 aromatic rings. The molecule has 0 spiro atoms. The summed E-state index contributed by atoms with van der Waals surface area (Å²) >= 11 is 1.86. The Morgan fingerprint density at radius 1 is 1.42 bits per heavy atom. The normalized spacial score (nSPS) is 28.2. The lowest BCUT2D eigenvalue weighted by Gasteiger charge is -2.49. The first-order valence-corrected chi connectivity index (χ1v) is 8.44. The summed E-state index contributed by atoms with van der Waals surface area (Å²) in [4.78, 5) is 4.12. The van der Waals surface area contributed by atoms with Crippen molar-refractivity contribution in [3.05, 3.63) is 22.4 Å². The summed E-state index contributed by atoms with van der Waals surface area (Å²) in [5.41, 5.74) is 6.44. The fraction of sp³-hybridized carbons (Fsp3) is 0.750. The topological polar surface area (TPSA) is 29.3 Å². The average Bonchev–Trinajstić information content (AvgIpc) is 2.90. The molecular formula is C16H28N2S. The van der Waals surface area contributed by atoms with Crippen molar-refractivity contribution in [2.45, 2.75) is 64.6 Å². The van der Waals surface area contributed by atoms with Crippen LogP contribution in [-0.2, 0) is 6.54 Å². The molecule has 0 radical (unpaired) electrons. The van der Waals surface area contributed by atoms with E-state index in [-0.39, 0.29) is 5.54 Å². The molecule has 19 heavy (non-hydrogen) atoms. The van der Waals surface area contributed by atoms with Crippen molar-refractivity contribution in [2.24, 2.45) is 11.7 Å². The number of hydrogen-bond donors (Lipinski definition) is 1. The Morgan fingerprint density at radius 3 is 2.58 bits per heavy atom. The quantitative estimate of drug-likeness (QED) is 0.887. The summed E-state index contributed by atoms with van der Waals surface area (Å²) in [7, 11) is 0. The standard InChI is InChI=1S/C16H28N2S/c1-13(2)18(11-15-5-4-10-19-15)16(12-17)8-6-14(3)7-9-16/h4-5,10,13-14H,6-9,11-12,17H2,1-3H3. The number of thiophene rings is 1. The van der Waals surface area contributed by atoms with Crippen molar-refractivity contribution in [1.82, 2.24) is 4.90 Å². The summed E-state index contributed by atoms with van der Waals surface area (Å²) in [5.74, 6) is 0.871. The van der Waals surface area contributed by atoms with E-state index in [1.54, 1.807) is 0 Å². The first kappa shape index (κ1) is 15.0. The van der Waals surface area contributed by atoms with E-state index < -0.39 is 0 Å². The Kier molecular flexibility index (Phi) is 5.04. The van der Waals surface area contributed by atoms with Crippen molar-refractivity contribution in [1.29, 1.82) is 0 Å². The molecule has 2 rings (SSSR count). The van der Waals surface area contributed by atoms with Gasteiger partial charge in [0.15, 0.2) is 0 Å². The van der Waals surface area contributed by atoms with Crippen LogP contribution in [0.1, 0.15) is 51.3 Å². The van der Waals surface area contributed by atoms with E-state index in [1.165, 1.54) is 30.6 Å². The van der Waals surface area contributed by atoms with Crippen LogP contribution >= 0.6 is 11.3 Å². The smallest absolute Gasteiger partial charge is 0.0338 e. The van der Waals surface area contributed by atoms with Gasteiger partial charge in [-0.1, -0.05) is 13.0 Å². The third-order valence-electron chi connectivity index (χ3n) is 4.72. The number of rotatable bonds is 5. The molecule has 0 bridgehead atoms. The molecule has 1 aromatic heterocycles. The molecule has 108 valence electrons. The molecule has 2 nitrogen and oxygen atoms in total. The van der Waals surface area contributed by atoms with Crippen molar-refractivity contribution in [2.75, 3.05) is 6.54 Å². The van der Waals surface area contributed by atoms with Crippen LogP contribution in [0.25, 0.3) is 0 Å². The maximum absolute atomic E-state index is 6.21. The van der Waals surface area contributed by atoms with Crippen LogP contribution in [0.3, 0.4) is 0 Å². The lowest BCUT2D eigenvalue weighted by atomic mass is 9.75. The molecular weight excluding hydrogens is 252 g/mol. The molecule has 3 heteroatoms. The summed E-state index contributed by atoms with van der Waals surface area (Å²) in [6.07, 6.45) is 5.16. The molecule has 2 N–H and O–H groups in total. The van der Waals surface area contributed by atoms with Gasteiger partial charge < -0.3 is 5.73 Å². The summed E-state index contributed by atoms with van der Waals surface area (Å²) in [5, 5.41) is 2.17. The Labute approximate surface area is 122 Å². The SMILES string of the molecule is CC1CCC(CN)(N(Cc2cccs2)C(C)C)CC1. The van der Waals surface area contributed by atoms with E-state index >= 15 is 0 Å². The summed E-state index contributed by atoms with van der Waals surface area (Å²) in [6, 6.07) is 4.95. The molecule has 1 saturated carbocycles. The third-order valence-corrected chi connectivity index (χ3v) is 5.58. The van der Waals surface area contributed by atoms with Crippen LogP contribution in [0.5, 0.6) is 0 Å². The molecule has 0 aromatic carbocycles. The van der Waals surface area contributed by atoms with E-state index in [9.17, 15) is 0 Å². The first-order chi connectivity index (χ1) is 9.07. The van der Waals surface area contributed by atoms with Gasteiger partial charge in [-0.15, -0.1) is 11.3 Å². The monoisotopic (exact) mass is 280 g/mol. The highest BCUT2D eigenvalue weighted by Gasteiger charge is 2.39. The van der Waals surface area contributed by atoms with Gasteiger partial charge in [-0.2, -0.15) is 0 Å². The van der Waals surface area contributed by atoms with E-state index in [1.807, 2.05) is 11.3 Å². The molecule has 1 fully saturated rings. The van der Waals surface area contributed by atoms with Gasteiger partial charge >= 0.3 is 0 Å². The van der Waals surface area contributed by atoms with Gasteiger partial charge in [0.1, 0.15) is 0 Å². The minimum absolute atomic E-state index is 0.227. The van der Waals surface area contributed by atoms with Gasteiger partial charge in [0.05, 0.1) is 0 Å². The van der Waals surface area contributed by atoms with E-state index in [2.05, 4.69) is 43.2 Å². The Hall–Kier alpha value is -0.380. The van der Waals surface area contributed by atoms with Gasteiger partial charge in [0.25, 0.3) is 0 Å². The minimum atomic E-state index is 0.227. The molecule has 0 atom stereocenters. The van der Waals surface area contributed by atoms with Gasteiger partial charge in [-0.3, -0.25) is 4.90 Å². The molecule has 1 heterocycles. The van der Waals surface area contributed by atoms with Crippen LogP contribution in [0.4, 0.5) is 0 Å². The zero-order valence-electron chi connectivity index (χ0n) is 12.6. The van der Waals surface area contributed by atoms with E-state index in [4.69, 9.17) is 5.73 Å². The first-order valence-electron chi connectivity index (χ1n) is 7.56. The Bertz CT molecular complexity index is 364. The third kappa shape index (κ3) is 3.39. The number of nitrogens with zero attached hydrogens (tertiary/aromatic N) is 1. The average molecular weight is 280 g/mol. The zero-order valence-corrected chi connectivity index (χ0v) is 13.4. The Balaban J connectivity index is 2.16. The van der Waals surface area contributed by atoms with Crippen molar-refractivity contribution >= 4 is 11.3 Å². The van der Waals surface area contributed by atoms with Gasteiger partial charge in [0, 0.05) is 29.5 Å². The number of hydrogen-bond acceptors (Lipinski definition) is 3. The lowest BCUT2D eigenvalue weighted by Crippen LogP contribution is -2.57. The molecule has 0 unspecified atom stereocenters. The molecule has 0 aliphatic heterocycles. The second kappa shape index (κ2) is 6.38. The summed E-state index contributed by atoms with van der Waals surface area (Å²) in [6.45, 7) is 8.84. The minimum Gasteiger partial charge on any atom is -0.329 e. The van der Waals surface area contributed by atoms with Crippen molar-refractivity contribution in [3.8, 4) is 0 Å². The molecule has 1 aliphatic carbocycles. The van der Waals surface area contributed by atoms with Gasteiger partial charge in [-0.25, -0.2) is 0 Å². The maximum Gasteiger partial charge on any atom is 0.0338 e. The van der Waals surface area contributed by atoms with Crippen molar-refractivity contribution < 1.29 is 0 Å². The zero-order chi connectivity index (χ0) is 13.9. The Morgan fingerprint density at radius 2 is 2.11 bits per heavy atom. The maximum atomic E-state index is 6.21. The largest absolute Gasteiger partial charge is 0.329 e. The molecule has 1 aliphatic rings. The highest BCUT2D eigenvalue weighted by atomic mass is 32.1. The second-order valence-corrected chi connectivity index (χ2v) is 7.44. The van der Waals surface area contributed by atoms with Crippen LogP contribution in [0, 0.1) is 5.92 Å². The predicted octanol–water partition coefficient (Wildman–Crippen LogP) is 3.87. The highest BCUT2D eigenvalue weighted by Crippen LogP contribution is 2.38. The van der Waals surface area contributed by atoms with Crippen LogP contribution < -0.4 is 5.73 Å². The lowest BCUT2D eigenvalue weighted by molar-refractivity contribution is 0.0135. The van der Waals surface area contributed by atoms with Crippen LogP contribution in [-0.4, -0.2) is 23.0 Å². The van der Waals surface area contributed by atoms with Crippen molar-refractivity contribution in [3.63, 3.8) is 0 Å². The highest BCUT2D eigenvalue weighted by molar-refractivity contribution is 7.09. The second-order valence-electron chi connectivity index (χ2n) is 6.41. The molecule has 0 amide bonds. The summed E-state index contributed by atoms with van der Waals surface area (Å²) < 4.78 is 0. The number of nitrogens with two attached hydrogens (primary N) is 1. The van der Waals surface area contributed by atoms with E-state index in [0.29, 0.717) is 6.04 Å². The predicted molar refractivity (Wildman–Crippen MR) is 84.4 cm³/mol. The van der Waals surface area contributed by atoms with E-state index in [0.717, 1.165) is 19.0 Å². The van der Waals surface area contributed by atoms with Gasteiger partial charge in [0.2, 0.25) is 0 Å². The fourth-order valence-corrected chi connectivity index (χ4v) is 4.08. The van der Waals surface area contributed by atoms with Gasteiger partial charge in [-0.05, 0) is 56.9 Å². The van der Waals surface area contributed by atoms with Crippen LogP contribution in [0.15, 0.2) is 17.5 Å².